The van der Waals surface area contributed by atoms with Crippen molar-refractivity contribution in [3.05, 3.63) is 45.1 Å². The first-order valence-electron chi connectivity index (χ1n) is 16.2. The first-order chi connectivity index (χ1) is 20.7. The quantitative estimate of drug-likeness (QED) is 0.0370. The Morgan fingerprint density at radius 2 is 1.56 bits per heavy atom. The van der Waals surface area contributed by atoms with E-state index >= 15 is 0 Å². The van der Waals surface area contributed by atoms with E-state index in [1.165, 1.54) is 70.3 Å². The second kappa shape index (κ2) is 20.6. The van der Waals surface area contributed by atoms with Gasteiger partial charge >= 0.3 is 142 Å². The normalized spacial score (nSPS) is 15.7. The van der Waals surface area contributed by atoms with Crippen LogP contribution in [0.4, 0.5) is 11.4 Å². The summed E-state index contributed by atoms with van der Waals surface area (Å²) in [6.07, 6.45) is 20.5. The third kappa shape index (κ3) is 14.3. The molecule has 1 aliphatic heterocycles. The molecule has 0 aliphatic carbocycles. The molecule has 244 valence electrons. The van der Waals surface area contributed by atoms with Crippen molar-refractivity contribution in [3.63, 3.8) is 0 Å². The third-order valence-corrected chi connectivity index (χ3v) is 10.3. The Labute approximate surface area is 260 Å². The van der Waals surface area contributed by atoms with E-state index in [1.54, 1.807) is 12.1 Å². The van der Waals surface area contributed by atoms with Gasteiger partial charge in [0.1, 0.15) is 0 Å². The Morgan fingerprint density at radius 3 is 2.19 bits per heavy atom. The van der Waals surface area contributed by atoms with E-state index in [0.29, 0.717) is 30.1 Å². The molecule has 0 unspecified atom stereocenters. The van der Waals surface area contributed by atoms with Crippen LogP contribution in [-0.2, 0) is 4.79 Å². The van der Waals surface area contributed by atoms with Gasteiger partial charge in [-0.25, -0.2) is 0 Å². The van der Waals surface area contributed by atoms with Gasteiger partial charge in [-0.15, -0.1) is 0 Å². The first-order valence-corrected chi connectivity index (χ1v) is 21.1. The zero-order valence-corrected chi connectivity index (χ0v) is 28.3. The molecule has 1 aliphatic rings. The fraction of sp³-hybridized carbons (Fsp3) is 0.719. The molecule has 0 aromatic heterocycles. The molecule has 11 heteroatoms. The third-order valence-electron chi connectivity index (χ3n) is 7.61. The summed E-state index contributed by atoms with van der Waals surface area (Å²) in [5, 5.41) is 38.5. The van der Waals surface area contributed by atoms with E-state index in [0.717, 1.165) is 31.4 Å². The van der Waals surface area contributed by atoms with Crippen LogP contribution in [0.15, 0.2) is 32.3 Å². The van der Waals surface area contributed by atoms with Crippen LogP contribution in [0.5, 0.6) is 0 Å². The molecule has 0 saturated carbocycles. The number of nitrogens with one attached hydrogen (secondary N) is 2. The Bertz CT molecular complexity index is 1140. The van der Waals surface area contributed by atoms with Gasteiger partial charge in [-0.2, -0.15) is 0 Å². The number of hydrogen-bond acceptors (Lipinski definition) is 8. The number of nitrogens with zero attached hydrogens (tertiary/aromatic N) is 3. The van der Waals surface area contributed by atoms with E-state index in [1.807, 2.05) is 17.7 Å². The molecule has 1 aromatic rings. The van der Waals surface area contributed by atoms with Gasteiger partial charge < -0.3 is 10.2 Å². The van der Waals surface area contributed by atoms with Crippen molar-refractivity contribution < 1.29 is 19.9 Å². The van der Waals surface area contributed by atoms with Crippen LogP contribution >= 0.6 is 0 Å². The maximum atomic E-state index is 12.4. The molecule has 0 bridgehead atoms. The van der Waals surface area contributed by atoms with Crippen LogP contribution in [-0.4, -0.2) is 59.6 Å². The minimum atomic E-state index is -2.44. The van der Waals surface area contributed by atoms with Gasteiger partial charge in [-0.05, 0) is 12.8 Å². The number of unbranched alkanes of at least 4 members (excludes halogenated alkanes) is 13. The van der Waals surface area contributed by atoms with Crippen LogP contribution in [0.25, 0.3) is 0 Å². The molecular weight excluding hydrogens is 613 g/mol. The van der Waals surface area contributed by atoms with Crippen LogP contribution in [0.2, 0.25) is 11.6 Å². The molecule has 43 heavy (non-hydrogen) atoms. The monoisotopic (exact) mass is 669 g/mol. The molecule has 0 radical (unpaired) electrons. The fourth-order valence-corrected chi connectivity index (χ4v) is 7.86. The fourth-order valence-electron chi connectivity index (χ4n) is 5.13. The van der Waals surface area contributed by atoms with Crippen molar-refractivity contribution in [1.82, 2.24) is 5.32 Å². The molecule has 2 rings (SSSR count). The van der Waals surface area contributed by atoms with Crippen molar-refractivity contribution in [1.29, 1.82) is 0 Å². The molecule has 0 fully saturated rings. The number of allylic oxidation sites excluding steroid dienone is 1. The number of aliphatic hydroxyl groups excluding tert-OH is 2. The van der Waals surface area contributed by atoms with E-state index in [4.69, 9.17) is 4.01 Å². The van der Waals surface area contributed by atoms with Gasteiger partial charge in [0.05, 0.1) is 12.7 Å². The Hall–Kier alpha value is -2.33. The van der Waals surface area contributed by atoms with Gasteiger partial charge in [-0.1, -0.05) is 83.3 Å². The van der Waals surface area contributed by atoms with Crippen molar-refractivity contribution in [2.45, 2.75) is 133 Å². The number of nitro benzene ring substituents is 1. The van der Waals surface area contributed by atoms with E-state index in [-0.39, 0.29) is 18.2 Å². The van der Waals surface area contributed by atoms with Crippen LogP contribution < -0.4 is 21.3 Å². The number of hydrogen-bond donors (Lipinski definition) is 4. The summed E-state index contributed by atoms with van der Waals surface area (Å²) in [6.45, 7) is 2.57. The zero-order chi connectivity index (χ0) is 31.5. The topological polar surface area (TPSA) is 149 Å². The zero-order valence-electron chi connectivity index (χ0n) is 26.6. The van der Waals surface area contributed by atoms with Crippen molar-refractivity contribution in [3.8, 4) is 0 Å². The molecule has 4 N–H and O–H groups in total. The summed E-state index contributed by atoms with van der Waals surface area (Å²) in [4.78, 5) is 23.3. The Morgan fingerprint density at radius 1 is 0.953 bits per heavy atom. The van der Waals surface area contributed by atoms with Gasteiger partial charge in [0.25, 0.3) is 0 Å². The molecular formula is C32H55N5O5Se. The number of carbonyl (C=O) groups is 1. The number of nitro groups is 1. The van der Waals surface area contributed by atoms with Crippen LogP contribution in [0, 0.1) is 10.1 Å². The van der Waals surface area contributed by atoms with Gasteiger partial charge in [-0.3, -0.25) is 0 Å². The first kappa shape index (κ1) is 36.9. The maximum absolute atomic E-state index is 12.4. The summed E-state index contributed by atoms with van der Waals surface area (Å²) in [5.41, 5.74) is 0.741. The average Bonchev–Trinajstić information content (AvgIpc) is 3.30. The number of rotatable bonds is 24. The molecule has 1 heterocycles. The van der Waals surface area contributed by atoms with Crippen molar-refractivity contribution in [2.75, 3.05) is 18.5 Å². The molecule has 0 spiro atoms. The number of aliphatic hydroxyl groups is 2. The standard InChI is InChI=1S/C32H55N5O5Se/c1-4-5-6-7-8-9-10-11-12-13-14-15-17-20-29(39)27(25-38)34-30(40)21-18-16-19-24-33-26-22-23-28(37(41)42)32-31(26)35-43(2,3)36-32/h17,20,22-23,27,29,33,38-39H,4-16,18-19,21,24-25H2,1-3H3,(H,34,40)/b20-17+/t27-,29+/m0/s1. The molecule has 0 saturated heterocycles. The second-order valence-corrected chi connectivity index (χ2v) is 17.7. The van der Waals surface area contributed by atoms with Gasteiger partial charge in [0.2, 0.25) is 0 Å². The number of benzene rings is 1. The number of amides is 1. The van der Waals surface area contributed by atoms with Gasteiger partial charge in [0, 0.05) is 0 Å². The summed E-state index contributed by atoms with van der Waals surface area (Å²) >= 11 is -2.44. The predicted octanol–water partition coefficient (Wildman–Crippen LogP) is 5.62. The Kier molecular flexibility index (Phi) is 17.7. The van der Waals surface area contributed by atoms with Crippen molar-refractivity contribution in [2.24, 2.45) is 8.02 Å². The summed E-state index contributed by atoms with van der Waals surface area (Å²) in [6, 6.07) is 2.45. The van der Waals surface area contributed by atoms with E-state index in [2.05, 4.69) is 21.6 Å². The summed E-state index contributed by atoms with van der Waals surface area (Å²) < 4.78 is 9.25. The van der Waals surface area contributed by atoms with E-state index < -0.39 is 30.4 Å². The Balaban J connectivity index is 1.58. The second-order valence-electron chi connectivity index (χ2n) is 11.8. The molecule has 1 amide bonds. The SMILES string of the molecule is CCCCCCCCCCCCC/C=C/[C@@H](O)[C@H](CO)NC(=O)CCCCCNc1ccc([N+](=O)[O-])c2c1=N[Se](C)(C)N=2. The van der Waals surface area contributed by atoms with Crippen LogP contribution in [0.1, 0.15) is 110 Å². The average molecular weight is 669 g/mol. The minimum absolute atomic E-state index is 0.00999. The number of anilines is 1. The number of carbonyl (C=O) groups excluding carboxylic acids is 1. The van der Waals surface area contributed by atoms with E-state index in [9.17, 15) is 25.1 Å². The molecule has 10 nitrogen and oxygen atoms in total. The van der Waals surface area contributed by atoms with Crippen LogP contribution in [0.3, 0.4) is 0 Å². The number of fused-ring (bicyclic) bond motifs is 1. The summed E-state index contributed by atoms with van der Waals surface area (Å²) in [5.74, 6) is 3.74. The molecule has 2 atom stereocenters. The predicted molar refractivity (Wildman–Crippen MR) is 175 cm³/mol. The number of non-ortho nitro benzene ring substituents is 1. The van der Waals surface area contributed by atoms with Gasteiger partial charge in [0.15, 0.2) is 0 Å². The van der Waals surface area contributed by atoms with Crippen molar-refractivity contribution >= 4 is 30.6 Å². The summed E-state index contributed by atoms with van der Waals surface area (Å²) in [7, 11) is 0. The molecule has 1 aromatic carbocycles.